The lowest BCUT2D eigenvalue weighted by atomic mass is 10.1. The maximum absolute atomic E-state index is 5.89. The van der Waals surface area contributed by atoms with Crippen LogP contribution >= 0.6 is 0 Å². The normalized spacial score (nSPS) is 18.2. The number of aromatic nitrogens is 1. The summed E-state index contributed by atoms with van der Waals surface area (Å²) < 4.78 is 10.8. The minimum Gasteiger partial charge on any atom is -0.493 e. The maximum atomic E-state index is 5.89. The molecule has 1 atom stereocenters. The first-order chi connectivity index (χ1) is 10.3. The standard InChI is InChI=1S/C16H21N3O2/c1-20-14-8-11-5-6-18-16(13(11)9-15(14)21-2)19-7-3-4-12(19)10-17/h5-6,8-9,12H,3-4,7,10,17H2,1-2H3. The highest BCUT2D eigenvalue weighted by Crippen LogP contribution is 2.37. The Labute approximate surface area is 124 Å². The van der Waals surface area contributed by atoms with Crippen molar-refractivity contribution < 1.29 is 9.47 Å². The predicted molar refractivity (Wildman–Crippen MR) is 84.3 cm³/mol. The van der Waals surface area contributed by atoms with E-state index >= 15 is 0 Å². The molecule has 21 heavy (non-hydrogen) atoms. The highest BCUT2D eigenvalue weighted by molar-refractivity contribution is 5.94. The van der Waals surface area contributed by atoms with Crippen LogP contribution in [0.3, 0.4) is 0 Å². The van der Waals surface area contributed by atoms with Crippen molar-refractivity contribution in [3.05, 3.63) is 24.4 Å². The van der Waals surface area contributed by atoms with Crippen LogP contribution in [0.2, 0.25) is 0 Å². The maximum Gasteiger partial charge on any atom is 0.161 e. The molecule has 2 N–H and O–H groups in total. The smallest absolute Gasteiger partial charge is 0.161 e. The fourth-order valence-corrected chi connectivity index (χ4v) is 3.07. The van der Waals surface area contributed by atoms with E-state index in [1.54, 1.807) is 14.2 Å². The summed E-state index contributed by atoms with van der Waals surface area (Å²) in [7, 11) is 3.30. The number of pyridine rings is 1. The molecule has 1 aliphatic rings. The van der Waals surface area contributed by atoms with Crippen molar-refractivity contribution in [2.75, 3.05) is 32.2 Å². The number of fused-ring (bicyclic) bond motifs is 1. The van der Waals surface area contributed by atoms with Gasteiger partial charge in [-0.2, -0.15) is 0 Å². The second kappa shape index (κ2) is 5.77. The van der Waals surface area contributed by atoms with E-state index in [2.05, 4.69) is 9.88 Å². The molecule has 5 heteroatoms. The van der Waals surface area contributed by atoms with Gasteiger partial charge in [-0.1, -0.05) is 0 Å². The third-order valence-corrected chi connectivity index (χ3v) is 4.17. The molecule has 112 valence electrons. The van der Waals surface area contributed by atoms with Crippen LogP contribution in [0.15, 0.2) is 24.4 Å². The minimum absolute atomic E-state index is 0.371. The largest absolute Gasteiger partial charge is 0.493 e. The summed E-state index contributed by atoms with van der Waals surface area (Å²) in [6.07, 6.45) is 4.13. The molecule has 1 fully saturated rings. The fraction of sp³-hybridized carbons (Fsp3) is 0.438. The van der Waals surface area contributed by atoms with Gasteiger partial charge < -0.3 is 20.1 Å². The topological polar surface area (TPSA) is 60.6 Å². The van der Waals surface area contributed by atoms with E-state index in [1.807, 2.05) is 24.4 Å². The summed E-state index contributed by atoms with van der Waals surface area (Å²) in [6.45, 7) is 1.66. The van der Waals surface area contributed by atoms with Crippen molar-refractivity contribution in [1.82, 2.24) is 4.98 Å². The van der Waals surface area contributed by atoms with Crippen LogP contribution in [0, 0.1) is 0 Å². The molecule has 0 amide bonds. The Kier molecular flexibility index (Phi) is 3.84. The van der Waals surface area contributed by atoms with Crippen LogP contribution in [0.5, 0.6) is 11.5 Å². The highest BCUT2D eigenvalue weighted by atomic mass is 16.5. The molecule has 1 saturated heterocycles. The van der Waals surface area contributed by atoms with E-state index in [1.165, 1.54) is 0 Å². The van der Waals surface area contributed by atoms with E-state index in [9.17, 15) is 0 Å². The van der Waals surface area contributed by atoms with E-state index < -0.39 is 0 Å². The van der Waals surface area contributed by atoms with Crippen molar-refractivity contribution in [2.45, 2.75) is 18.9 Å². The van der Waals surface area contributed by atoms with E-state index in [4.69, 9.17) is 15.2 Å². The molecule has 0 spiro atoms. The lowest BCUT2D eigenvalue weighted by Crippen LogP contribution is -2.36. The number of anilines is 1. The van der Waals surface area contributed by atoms with Gasteiger partial charge >= 0.3 is 0 Å². The van der Waals surface area contributed by atoms with Gasteiger partial charge in [0.15, 0.2) is 11.5 Å². The summed E-state index contributed by atoms with van der Waals surface area (Å²) in [6, 6.07) is 6.36. The second-order valence-corrected chi connectivity index (χ2v) is 5.29. The molecule has 0 aliphatic carbocycles. The SMILES string of the molecule is COc1cc2ccnc(N3CCCC3CN)c2cc1OC. The molecule has 1 unspecified atom stereocenters. The quantitative estimate of drug-likeness (QED) is 0.934. The average Bonchev–Trinajstić information content (AvgIpc) is 3.01. The number of benzene rings is 1. The van der Waals surface area contributed by atoms with Gasteiger partial charge in [-0.05, 0) is 36.4 Å². The van der Waals surface area contributed by atoms with Gasteiger partial charge in [-0.25, -0.2) is 4.98 Å². The molecule has 0 bridgehead atoms. The molecule has 2 heterocycles. The Morgan fingerprint density at radius 2 is 2.05 bits per heavy atom. The Hall–Kier alpha value is -2.01. The first-order valence-electron chi connectivity index (χ1n) is 7.26. The number of ether oxygens (including phenoxy) is 2. The van der Waals surface area contributed by atoms with E-state index in [0.29, 0.717) is 12.6 Å². The van der Waals surface area contributed by atoms with Crippen LogP contribution in [0.25, 0.3) is 10.8 Å². The number of nitrogens with zero attached hydrogens (tertiary/aromatic N) is 2. The van der Waals surface area contributed by atoms with Crippen LogP contribution in [-0.2, 0) is 0 Å². The number of hydrogen-bond acceptors (Lipinski definition) is 5. The fourth-order valence-electron chi connectivity index (χ4n) is 3.07. The van der Waals surface area contributed by atoms with E-state index in [-0.39, 0.29) is 0 Å². The number of rotatable bonds is 4. The van der Waals surface area contributed by atoms with Crippen molar-refractivity contribution in [3.8, 4) is 11.5 Å². The summed E-state index contributed by atoms with van der Waals surface area (Å²) in [4.78, 5) is 6.91. The van der Waals surface area contributed by atoms with Crippen LogP contribution in [0.1, 0.15) is 12.8 Å². The molecule has 0 radical (unpaired) electrons. The molecule has 3 rings (SSSR count). The Morgan fingerprint density at radius 3 is 2.76 bits per heavy atom. The summed E-state index contributed by atoms with van der Waals surface area (Å²) in [5, 5.41) is 2.18. The molecule has 5 nitrogen and oxygen atoms in total. The zero-order valence-corrected chi connectivity index (χ0v) is 12.5. The van der Waals surface area contributed by atoms with Gasteiger partial charge in [0.05, 0.1) is 14.2 Å². The molecular formula is C16H21N3O2. The van der Waals surface area contributed by atoms with Gasteiger partial charge in [0.1, 0.15) is 5.82 Å². The third-order valence-electron chi connectivity index (χ3n) is 4.17. The van der Waals surface area contributed by atoms with Gasteiger partial charge in [0, 0.05) is 30.7 Å². The van der Waals surface area contributed by atoms with Crippen LogP contribution < -0.4 is 20.1 Å². The van der Waals surface area contributed by atoms with Gasteiger partial charge in [-0.3, -0.25) is 0 Å². The zero-order chi connectivity index (χ0) is 14.8. The zero-order valence-electron chi connectivity index (χ0n) is 12.5. The van der Waals surface area contributed by atoms with Crippen molar-refractivity contribution in [3.63, 3.8) is 0 Å². The Balaban J connectivity index is 2.15. The monoisotopic (exact) mass is 287 g/mol. The van der Waals surface area contributed by atoms with Crippen molar-refractivity contribution in [1.29, 1.82) is 0 Å². The van der Waals surface area contributed by atoms with Crippen molar-refractivity contribution in [2.24, 2.45) is 5.73 Å². The molecule has 0 saturated carbocycles. The van der Waals surface area contributed by atoms with Crippen LogP contribution in [-0.4, -0.2) is 38.3 Å². The molecule has 1 aromatic carbocycles. The lowest BCUT2D eigenvalue weighted by molar-refractivity contribution is 0.356. The Morgan fingerprint density at radius 1 is 1.29 bits per heavy atom. The summed E-state index contributed by atoms with van der Waals surface area (Å²) in [5.41, 5.74) is 5.89. The highest BCUT2D eigenvalue weighted by Gasteiger charge is 2.26. The Bertz CT molecular complexity index is 645. The molecule has 1 aromatic heterocycles. The second-order valence-electron chi connectivity index (χ2n) is 5.29. The summed E-state index contributed by atoms with van der Waals surface area (Å²) in [5.74, 6) is 2.45. The van der Waals surface area contributed by atoms with E-state index in [0.717, 1.165) is 47.5 Å². The van der Waals surface area contributed by atoms with Gasteiger partial charge in [-0.15, -0.1) is 0 Å². The molecule has 2 aromatic rings. The van der Waals surface area contributed by atoms with Gasteiger partial charge in [0.2, 0.25) is 0 Å². The first kappa shape index (κ1) is 13.9. The van der Waals surface area contributed by atoms with Gasteiger partial charge in [0.25, 0.3) is 0 Å². The average molecular weight is 287 g/mol. The molecular weight excluding hydrogens is 266 g/mol. The van der Waals surface area contributed by atoms with Crippen LogP contribution in [0.4, 0.5) is 5.82 Å². The number of nitrogens with two attached hydrogens (primary N) is 1. The number of methoxy groups -OCH3 is 2. The summed E-state index contributed by atoms with van der Waals surface area (Å²) >= 11 is 0. The first-order valence-corrected chi connectivity index (χ1v) is 7.26. The van der Waals surface area contributed by atoms with Crippen molar-refractivity contribution >= 4 is 16.6 Å². The third kappa shape index (κ3) is 2.38. The number of hydrogen-bond donors (Lipinski definition) is 1. The molecule has 1 aliphatic heterocycles. The lowest BCUT2D eigenvalue weighted by Gasteiger charge is -2.26. The predicted octanol–water partition coefficient (Wildman–Crippen LogP) is 2.18. The minimum atomic E-state index is 0.371.